The van der Waals surface area contributed by atoms with Crippen LogP contribution in [0.15, 0.2) is 83.3 Å². The van der Waals surface area contributed by atoms with Crippen molar-refractivity contribution in [2.24, 2.45) is 0 Å². The van der Waals surface area contributed by atoms with E-state index < -0.39 is 0 Å². The molecule has 3 rings (SSSR count). The third kappa shape index (κ3) is 4.68. The molecule has 25 heavy (non-hydrogen) atoms. The van der Waals surface area contributed by atoms with E-state index in [1.165, 1.54) is 16.7 Å². The van der Waals surface area contributed by atoms with Gasteiger partial charge in [0.2, 0.25) is 0 Å². The number of aryl methyl sites for hydroxylation is 1. The van der Waals surface area contributed by atoms with Crippen LogP contribution in [0, 0.1) is 6.92 Å². The number of anilines is 1. The van der Waals surface area contributed by atoms with E-state index in [0.29, 0.717) is 5.11 Å². The van der Waals surface area contributed by atoms with Crippen LogP contribution in [0.1, 0.15) is 22.7 Å². The van der Waals surface area contributed by atoms with Crippen molar-refractivity contribution in [1.29, 1.82) is 0 Å². The van der Waals surface area contributed by atoms with Gasteiger partial charge in [-0.05, 0) is 60.1 Å². The molecule has 0 fully saturated rings. The Bertz CT molecular complexity index is 847. The fourth-order valence-corrected chi connectivity index (χ4v) is 3.23. The van der Waals surface area contributed by atoms with E-state index >= 15 is 0 Å². The summed E-state index contributed by atoms with van der Waals surface area (Å²) < 4.78 is 1.04. The summed E-state index contributed by atoms with van der Waals surface area (Å²) in [6.45, 7) is 2.12. The summed E-state index contributed by atoms with van der Waals surface area (Å²) in [5, 5.41) is 7.32. The molecule has 0 bridgehead atoms. The molecule has 2 nitrogen and oxygen atoms in total. The molecular formula is C21H19BrN2S. The molecule has 2 N–H and O–H groups in total. The van der Waals surface area contributed by atoms with E-state index in [2.05, 4.69) is 69.9 Å². The van der Waals surface area contributed by atoms with Crippen LogP contribution in [0.4, 0.5) is 5.69 Å². The first-order chi connectivity index (χ1) is 12.1. The Labute approximate surface area is 162 Å². The number of halogens is 1. The van der Waals surface area contributed by atoms with Crippen molar-refractivity contribution in [3.63, 3.8) is 0 Å². The highest BCUT2D eigenvalue weighted by atomic mass is 79.9. The van der Waals surface area contributed by atoms with E-state index in [9.17, 15) is 0 Å². The molecule has 1 unspecified atom stereocenters. The first-order valence-corrected chi connectivity index (χ1v) is 9.27. The van der Waals surface area contributed by atoms with Crippen molar-refractivity contribution in [2.45, 2.75) is 13.0 Å². The zero-order valence-corrected chi connectivity index (χ0v) is 16.3. The molecule has 3 aromatic carbocycles. The average molecular weight is 411 g/mol. The molecule has 0 radical (unpaired) electrons. The number of rotatable bonds is 4. The standard InChI is InChI=1S/C21H19BrN2S/c1-15-7-5-6-10-19(15)20(16-8-3-2-4-9-16)24-21(25)23-18-13-11-17(22)12-14-18/h2-14,20H,1H3,(H2,23,24,25). The van der Waals surface area contributed by atoms with Gasteiger partial charge in [-0.2, -0.15) is 0 Å². The van der Waals surface area contributed by atoms with Gasteiger partial charge < -0.3 is 10.6 Å². The van der Waals surface area contributed by atoms with Gasteiger partial charge in [-0.15, -0.1) is 0 Å². The monoisotopic (exact) mass is 410 g/mol. The Morgan fingerprint density at radius 1 is 0.880 bits per heavy atom. The predicted molar refractivity (Wildman–Crippen MR) is 113 cm³/mol. The van der Waals surface area contributed by atoms with Crippen molar-refractivity contribution in [2.75, 3.05) is 5.32 Å². The van der Waals surface area contributed by atoms with Crippen LogP contribution in [0.25, 0.3) is 0 Å². The van der Waals surface area contributed by atoms with Gasteiger partial charge in [0.25, 0.3) is 0 Å². The Kier molecular flexibility index (Phi) is 5.84. The van der Waals surface area contributed by atoms with Gasteiger partial charge in [0.15, 0.2) is 5.11 Å². The topological polar surface area (TPSA) is 24.1 Å². The van der Waals surface area contributed by atoms with Crippen LogP contribution < -0.4 is 10.6 Å². The van der Waals surface area contributed by atoms with Crippen LogP contribution in [0.5, 0.6) is 0 Å². The van der Waals surface area contributed by atoms with Crippen molar-refractivity contribution >= 4 is 38.9 Å². The summed E-state index contributed by atoms with van der Waals surface area (Å²) in [5.41, 5.74) is 4.58. The number of nitrogens with one attached hydrogen (secondary N) is 2. The van der Waals surface area contributed by atoms with Crippen LogP contribution in [0.2, 0.25) is 0 Å². The summed E-state index contributed by atoms with van der Waals surface area (Å²) in [6.07, 6.45) is 0. The number of hydrogen-bond donors (Lipinski definition) is 2. The van der Waals surface area contributed by atoms with Gasteiger partial charge in [-0.25, -0.2) is 0 Å². The number of hydrogen-bond acceptors (Lipinski definition) is 1. The molecule has 0 aliphatic rings. The lowest BCUT2D eigenvalue weighted by molar-refractivity contribution is 0.762. The van der Waals surface area contributed by atoms with E-state index in [-0.39, 0.29) is 6.04 Å². The van der Waals surface area contributed by atoms with Gasteiger partial charge in [0, 0.05) is 10.2 Å². The van der Waals surface area contributed by atoms with Crippen LogP contribution in [-0.2, 0) is 0 Å². The summed E-state index contributed by atoms with van der Waals surface area (Å²) in [5.74, 6) is 0. The van der Waals surface area contributed by atoms with Crippen molar-refractivity contribution < 1.29 is 0 Å². The molecule has 0 heterocycles. The Morgan fingerprint density at radius 3 is 2.20 bits per heavy atom. The smallest absolute Gasteiger partial charge is 0.171 e. The van der Waals surface area contributed by atoms with Crippen LogP contribution in [0.3, 0.4) is 0 Å². The average Bonchev–Trinajstić information content (AvgIpc) is 2.63. The third-order valence-electron chi connectivity index (χ3n) is 4.01. The molecule has 0 aromatic heterocycles. The van der Waals surface area contributed by atoms with E-state index in [4.69, 9.17) is 12.2 Å². The molecule has 4 heteroatoms. The second-order valence-electron chi connectivity index (χ2n) is 5.81. The highest BCUT2D eigenvalue weighted by Gasteiger charge is 2.16. The molecule has 0 saturated heterocycles. The van der Waals surface area contributed by atoms with Gasteiger partial charge >= 0.3 is 0 Å². The number of thiocarbonyl (C=S) groups is 1. The molecule has 0 saturated carbocycles. The highest BCUT2D eigenvalue weighted by molar-refractivity contribution is 9.10. The molecule has 3 aromatic rings. The Morgan fingerprint density at radius 2 is 1.52 bits per heavy atom. The zero-order chi connectivity index (χ0) is 17.6. The van der Waals surface area contributed by atoms with Gasteiger partial charge in [0.1, 0.15) is 0 Å². The summed E-state index contributed by atoms with van der Waals surface area (Å²) in [4.78, 5) is 0. The second kappa shape index (κ2) is 8.28. The Balaban J connectivity index is 1.84. The van der Waals surface area contributed by atoms with E-state index in [0.717, 1.165) is 10.2 Å². The SMILES string of the molecule is Cc1ccccc1C(NC(=S)Nc1ccc(Br)cc1)c1ccccc1. The van der Waals surface area contributed by atoms with Gasteiger partial charge in [-0.3, -0.25) is 0 Å². The summed E-state index contributed by atoms with van der Waals surface area (Å²) in [6, 6.07) is 26.7. The maximum absolute atomic E-state index is 5.55. The first-order valence-electron chi connectivity index (χ1n) is 8.07. The molecular weight excluding hydrogens is 392 g/mol. The van der Waals surface area contributed by atoms with Crippen molar-refractivity contribution in [1.82, 2.24) is 5.32 Å². The number of benzene rings is 3. The minimum absolute atomic E-state index is 0.00199. The largest absolute Gasteiger partial charge is 0.352 e. The second-order valence-corrected chi connectivity index (χ2v) is 7.13. The normalized spacial score (nSPS) is 11.6. The Hall–Kier alpha value is -2.17. The van der Waals surface area contributed by atoms with Crippen LogP contribution in [-0.4, -0.2) is 5.11 Å². The first kappa shape index (κ1) is 17.6. The minimum atomic E-state index is -0.00199. The van der Waals surface area contributed by atoms with Crippen molar-refractivity contribution in [3.8, 4) is 0 Å². The molecule has 0 amide bonds. The molecule has 0 aliphatic carbocycles. The maximum Gasteiger partial charge on any atom is 0.171 e. The minimum Gasteiger partial charge on any atom is -0.352 e. The molecule has 1 atom stereocenters. The van der Waals surface area contributed by atoms with Gasteiger partial charge in [-0.1, -0.05) is 70.5 Å². The lowest BCUT2D eigenvalue weighted by Crippen LogP contribution is -2.33. The zero-order valence-electron chi connectivity index (χ0n) is 13.9. The predicted octanol–water partition coefficient (Wildman–Crippen LogP) is 5.83. The molecule has 0 spiro atoms. The molecule has 0 aliphatic heterocycles. The summed E-state index contributed by atoms with van der Waals surface area (Å²) in [7, 11) is 0. The lowest BCUT2D eigenvalue weighted by Gasteiger charge is -2.23. The van der Waals surface area contributed by atoms with Crippen LogP contribution >= 0.6 is 28.1 Å². The van der Waals surface area contributed by atoms with E-state index in [1.807, 2.05) is 42.5 Å². The maximum atomic E-state index is 5.55. The highest BCUT2D eigenvalue weighted by Crippen LogP contribution is 2.25. The quantitative estimate of drug-likeness (QED) is 0.528. The fourth-order valence-electron chi connectivity index (χ4n) is 2.73. The van der Waals surface area contributed by atoms with Crippen molar-refractivity contribution in [3.05, 3.63) is 100 Å². The third-order valence-corrected chi connectivity index (χ3v) is 4.76. The summed E-state index contributed by atoms with van der Waals surface area (Å²) >= 11 is 9.00. The fraction of sp³-hybridized carbons (Fsp3) is 0.0952. The van der Waals surface area contributed by atoms with Gasteiger partial charge in [0.05, 0.1) is 6.04 Å². The van der Waals surface area contributed by atoms with E-state index in [1.54, 1.807) is 0 Å². The lowest BCUT2D eigenvalue weighted by atomic mass is 9.95. The molecule has 126 valence electrons.